The van der Waals surface area contributed by atoms with Crippen LogP contribution in [0.15, 0.2) is 18.2 Å². The highest BCUT2D eigenvalue weighted by atomic mass is 16.5. The van der Waals surface area contributed by atoms with Gasteiger partial charge in [0.25, 0.3) is 0 Å². The lowest BCUT2D eigenvalue weighted by molar-refractivity contribution is -0.125. The van der Waals surface area contributed by atoms with Gasteiger partial charge in [-0.05, 0) is 45.4 Å². The molecule has 3 atom stereocenters. The van der Waals surface area contributed by atoms with Gasteiger partial charge >= 0.3 is 0 Å². The van der Waals surface area contributed by atoms with Gasteiger partial charge in [-0.2, -0.15) is 0 Å². The molecule has 0 fully saturated rings. The molecule has 0 heterocycles. The molecule has 0 radical (unpaired) electrons. The van der Waals surface area contributed by atoms with E-state index in [1.165, 1.54) is 0 Å². The summed E-state index contributed by atoms with van der Waals surface area (Å²) in [4.78, 5) is 12.1. The highest BCUT2D eigenvalue weighted by Gasteiger charge is 2.20. The summed E-state index contributed by atoms with van der Waals surface area (Å²) in [5.41, 5.74) is 6.74. The van der Waals surface area contributed by atoms with Crippen LogP contribution >= 0.6 is 0 Å². The van der Waals surface area contributed by atoms with Crippen LogP contribution in [0, 0.1) is 5.92 Å². The van der Waals surface area contributed by atoms with Crippen LogP contribution < -0.4 is 20.5 Å². The molecular weight excluding hydrogens is 280 g/mol. The van der Waals surface area contributed by atoms with E-state index in [2.05, 4.69) is 5.32 Å². The predicted molar refractivity (Wildman–Crippen MR) is 88.2 cm³/mol. The van der Waals surface area contributed by atoms with Gasteiger partial charge in [0.05, 0.1) is 19.3 Å². The monoisotopic (exact) mass is 308 g/mol. The standard InChI is InChI=1S/C17H28N2O3/c1-6-21-15-9-8-14(10-16(15)22-7-2)13(5)19-17(20)11(3)12(4)18/h8-13H,6-7,18H2,1-5H3,(H,19,20). The molecule has 22 heavy (non-hydrogen) atoms. The van der Waals surface area contributed by atoms with Gasteiger partial charge in [-0.25, -0.2) is 0 Å². The summed E-state index contributed by atoms with van der Waals surface area (Å²) >= 11 is 0. The number of nitrogens with two attached hydrogens (primary N) is 1. The quantitative estimate of drug-likeness (QED) is 0.774. The molecule has 1 amide bonds. The minimum atomic E-state index is -0.225. The first-order valence-corrected chi connectivity index (χ1v) is 7.86. The van der Waals surface area contributed by atoms with Crippen LogP contribution in [0.2, 0.25) is 0 Å². The highest BCUT2D eigenvalue weighted by Crippen LogP contribution is 2.30. The zero-order valence-corrected chi connectivity index (χ0v) is 14.2. The fourth-order valence-corrected chi connectivity index (χ4v) is 2.00. The maximum Gasteiger partial charge on any atom is 0.224 e. The van der Waals surface area contributed by atoms with E-state index in [-0.39, 0.29) is 23.9 Å². The average molecular weight is 308 g/mol. The van der Waals surface area contributed by atoms with Crippen LogP contribution in [0.1, 0.15) is 46.2 Å². The molecule has 0 bridgehead atoms. The molecule has 124 valence electrons. The Bertz CT molecular complexity index is 489. The largest absolute Gasteiger partial charge is 0.490 e. The van der Waals surface area contributed by atoms with Gasteiger partial charge in [-0.15, -0.1) is 0 Å². The molecule has 0 aliphatic rings. The predicted octanol–water partition coefficient (Wildman–Crippen LogP) is 2.64. The molecule has 1 aromatic rings. The smallest absolute Gasteiger partial charge is 0.224 e. The van der Waals surface area contributed by atoms with Crippen molar-refractivity contribution in [1.82, 2.24) is 5.32 Å². The van der Waals surface area contributed by atoms with Gasteiger partial charge in [0.2, 0.25) is 5.91 Å². The fourth-order valence-electron chi connectivity index (χ4n) is 2.00. The summed E-state index contributed by atoms with van der Waals surface area (Å²) < 4.78 is 11.2. The molecule has 3 N–H and O–H groups in total. The topological polar surface area (TPSA) is 73.6 Å². The van der Waals surface area contributed by atoms with Crippen LogP contribution in [0.4, 0.5) is 0 Å². The number of hydrogen-bond acceptors (Lipinski definition) is 4. The first-order chi connectivity index (χ1) is 10.4. The van der Waals surface area contributed by atoms with Gasteiger partial charge in [-0.1, -0.05) is 13.0 Å². The summed E-state index contributed by atoms with van der Waals surface area (Å²) in [6.45, 7) is 10.6. The van der Waals surface area contributed by atoms with E-state index in [9.17, 15) is 4.79 Å². The molecule has 1 rings (SSSR count). The maximum absolute atomic E-state index is 12.1. The number of rotatable bonds is 8. The van der Waals surface area contributed by atoms with E-state index >= 15 is 0 Å². The van der Waals surface area contributed by atoms with Crippen molar-refractivity contribution in [2.24, 2.45) is 11.7 Å². The zero-order chi connectivity index (χ0) is 16.7. The van der Waals surface area contributed by atoms with Crippen molar-refractivity contribution >= 4 is 5.91 Å². The van der Waals surface area contributed by atoms with Crippen molar-refractivity contribution in [3.63, 3.8) is 0 Å². The van der Waals surface area contributed by atoms with Crippen LogP contribution in [0.3, 0.4) is 0 Å². The summed E-state index contributed by atoms with van der Waals surface area (Å²) in [5.74, 6) is 1.14. The summed E-state index contributed by atoms with van der Waals surface area (Å²) in [6.07, 6.45) is 0. The van der Waals surface area contributed by atoms with E-state index in [0.29, 0.717) is 19.0 Å². The molecule has 0 aliphatic carbocycles. The Kier molecular flexibility index (Phi) is 7.18. The lowest BCUT2D eigenvalue weighted by Gasteiger charge is -2.21. The number of nitrogens with one attached hydrogen (secondary N) is 1. The van der Waals surface area contributed by atoms with Gasteiger partial charge in [0, 0.05) is 12.0 Å². The summed E-state index contributed by atoms with van der Waals surface area (Å²) in [6, 6.07) is 5.43. The number of carbonyl (C=O) groups is 1. The Morgan fingerprint density at radius 2 is 1.73 bits per heavy atom. The lowest BCUT2D eigenvalue weighted by Crippen LogP contribution is -2.39. The Balaban J connectivity index is 2.87. The number of carbonyl (C=O) groups excluding carboxylic acids is 1. The van der Waals surface area contributed by atoms with Crippen molar-refractivity contribution < 1.29 is 14.3 Å². The molecule has 1 aromatic carbocycles. The van der Waals surface area contributed by atoms with Gasteiger partial charge in [0.1, 0.15) is 0 Å². The van der Waals surface area contributed by atoms with Crippen molar-refractivity contribution in [2.75, 3.05) is 13.2 Å². The molecular formula is C17H28N2O3. The molecule has 0 spiro atoms. The second kappa shape index (κ2) is 8.63. The third-order valence-electron chi connectivity index (χ3n) is 3.63. The van der Waals surface area contributed by atoms with Crippen LogP contribution in [0.25, 0.3) is 0 Å². The second-order valence-corrected chi connectivity index (χ2v) is 5.45. The Hall–Kier alpha value is -1.75. The molecule has 3 unspecified atom stereocenters. The van der Waals surface area contributed by atoms with Crippen LogP contribution in [-0.2, 0) is 4.79 Å². The Morgan fingerprint density at radius 1 is 1.14 bits per heavy atom. The first-order valence-electron chi connectivity index (χ1n) is 7.86. The molecule has 0 saturated heterocycles. The first kappa shape index (κ1) is 18.3. The van der Waals surface area contributed by atoms with E-state index in [1.54, 1.807) is 0 Å². The number of benzene rings is 1. The number of hydrogen-bond donors (Lipinski definition) is 2. The summed E-state index contributed by atoms with van der Waals surface area (Å²) in [5, 5.41) is 2.98. The molecule has 0 aromatic heterocycles. The van der Waals surface area contributed by atoms with Crippen molar-refractivity contribution in [3.05, 3.63) is 23.8 Å². The third-order valence-corrected chi connectivity index (χ3v) is 3.63. The molecule has 0 saturated carbocycles. The SMILES string of the molecule is CCOc1ccc(C(C)NC(=O)C(C)C(C)N)cc1OCC. The molecule has 0 aliphatic heterocycles. The van der Waals surface area contributed by atoms with Crippen LogP contribution in [-0.4, -0.2) is 25.2 Å². The van der Waals surface area contributed by atoms with Crippen molar-refractivity contribution in [2.45, 2.75) is 46.7 Å². The summed E-state index contributed by atoms with van der Waals surface area (Å²) in [7, 11) is 0. The maximum atomic E-state index is 12.1. The fraction of sp³-hybridized carbons (Fsp3) is 0.588. The van der Waals surface area contributed by atoms with Crippen molar-refractivity contribution in [1.29, 1.82) is 0 Å². The number of ether oxygens (including phenoxy) is 2. The lowest BCUT2D eigenvalue weighted by atomic mass is 10.0. The normalized spacial score (nSPS) is 14.8. The minimum absolute atomic E-state index is 0.0469. The van der Waals surface area contributed by atoms with E-state index in [4.69, 9.17) is 15.2 Å². The van der Waals surface area contributed by atoms with Crippen molar-refractivity contribution in [3.8, 4) is 11.5 Å². The zero-order valence-electron chi connectivity index (χ0n) is 14.2. The second-order valence-electron chi connectivity index (χ2n) is 5.45. The van der Waals surface area contributed by atoms with Crippen LogP contribution in [0.5, 0.6) is 11.5 Å². The van der Waals surface area contributed by atoms with Gasteiger partial charge in [-0.3, -0.25) is 4.79 Å². The van der Waals surface area contributed by atoms with E-state index < -0.39 is 0 Å². The highest BCUT2D eigenvalue weighted by molar-refractivity contribution is 5.79. The molecule has 5 heteroatoms. The molecule has 5 nitrogen and oxygen atoms in total. The third kappa shape index (κ3) is 4.91. The number of amides is 1. The Labute approximate surface area is 133 Å². The van der Waals surface area contributed by atoms with E-state index in [0.717, 1.165) is 11.3 Å². The van der Waals surface area contributed by atoms with Gasteiger partial charge in [0.15, 0.2) is 11.5 Å². The van der Waals surface area contributed by atoms with Gasteiger partial charge < -0.3 is 20.5 Å². The van der Waals surface area contributed by atoms with E-state index in [1.807, 2.05) is 52.8 Å². The Morgan fingerprint density at radius 3 is 2.27 bits per heavy atom. The average Bonchev–Trinajstić information content (AvgIpc) is 2.48. The minimum Gasteiger partial charge on any atom is -0.490 e.